The molecule has 0 saturated heterocycles. The second kappa shape index (κ2) is 10.1. The van der Waals surface area contributed by atoms with Crippen molar-refractivity contribution >= 4 is 22.4 Å². The molecule has 5 aromatic carbocycles. The Labute approximate surface area is 248 Å². The van der Waals surface area contributed by atoms with E-state index in [1.54, 1.807) is 0 Å². The molecule has 0 spiro atoms. The van der Waals surface area contributed by atoms with Crippen molar-refractivity contribution in [1.29, 1.82) is 0 Å². The highest BCUT2D eigenvalue weighted by molar-refractivity contribution is 6.30. The SMILES string of the molecule is ClC1=CC=CC2c3c(cccc3-c3nc(-c4ccccc4)nc(-c4ccc5cc(-c6ccccc6)ccc5c4)n3)OC12. The van der Waals surface area contributed by atoms with Crippen molar-refractivity contribution in [3.63, 3.8) is 0 Å². The number of rotatable bonds is 4. The van der Waals surface area contributed by atoms with Gasteiger partial charge in [-0.3, -0.25) is 0 Å². The number of benzene rings is 5. The lowest BCUT2D eigenvalue weighted by molar-refractivity contribution is 0.264. The predicted octanol–water partition coefficient (Wildman–Crippen LogP) is 9.23. The number of allylic oxidation sites excluding steroid dienone is 2. The van der Waals surface area contributed by atoms with Crippen molar-refractivity contribution in [2.45, 2.75) is 12.0 Å². The van der Waals surface area contributed by atoms with E-state index in [4.69, 9.17) is 31.3 Å². The van der Waals surface area contributed by atoms with Crippen LogP contribution in [0, 0.1) is 0 Å². The van der Waals surface area contributed by atoms with Gasteiger partial charge in [-0.1, -0.05) is 121 Å². The largest absolute Gasteiger partial charge is 0.484 e. The number of ether oxygens (including phenoxy) is 1. The Kier molecular flexibility index (Phi) is 5.94. The van der Waals surface area contributed by atoms with Gasteiger partial charge >= 0.3 is 0 Å². The van der Waals surface area contributed by atoms with Gasteiger partial charge in [0.15, 0.2) is 17.5 Å². The van der Waals surface area contributed by atoms with E-state index in [9.17, 15) is 0 Å². The average Bonchev–Trinajstić information content (AvgIpc) is 3.45. The van der Waals surface area contributed by atoms with Crippen molar-refractivity contribution in [2.24, 2.45) is 0 Å². The van der Waals surface area contributed by atoms with Crippen LogP contribution in [0.15, 0.2) is 139 Å². The van der Waals surface area contributed by atoms with Gasteiger partial charge in [0.2, 0.25) is 0 Å². The molecule has 4 nitrogen and oxygen atoms in total. The van der Waals surface area contributed by atoms with Crippen molar-refractivity contribution in [3.8, 4) is 51.0 Å². The fourth-order valence-corrected chi connectivity index (χ4v) is 6.12. The van der Waals surface area contributed by atoms with Crippen LogP contribution in [-0.4, -0.2) is 21.1 Å². The second-order valence-electron chi connectivity index (χ2n) is 10.5. The Morgan fingerprint density at radius 3 is 1.98 bits per heavy atom. The lowest BCUT2D eigenvalue weighted by atomic mass is 9.88. The summed E-state index contributed by atoms with van der Waals surface area (Å²) in [5.41, 5.74) is 6.22. The van der Waals surface area contributed by atoms with Crippen LogP contribution in [0.25, 0.3) is 56.1 Å². The van der Waals surface area contributed by atoms with Gasteiger partial charge in [-0.15, -0.1) is 0 Å². The molecule has 42 heavy (non-hydrogen) atoms. The molecule has 0 radical (unpaired) electrons. The third kappa shape index (κ3) is 4.28. The van der Waals surface area contributed by atoms with E-state index in [0.717, 1.165) is 38.8 Å². The molecular formula is C37H24ClN3O. The van der Waals surface area contributed by atoms with E-state index in [-0.39, 0.29) is 12.0 Å². The van der Waals surface area contributed by atoms with Gasteiger partial charge in [-0.25, -0.2) is 15.0 Å². The Bertz CT molecular complexity index is 2040. The monoisotopic (exact) mass is 561 g/mol. The van der Waals surface area contributed by atoms with Crippen LogP contribution >= 0.6 is 11.6 Å². The van der Waals surface area contributed by atoms with Gasteiger partial charge in [-0.05, 0) is 46.2 Å². The van der Waals surface area contributed by atoms with Crippen LogP contribution < -0.4 is 4.74 Å². The quantitative estimate of drug-likeness (QED) is 0.215. The van der Waals surface area contributed by atoms with E-state index >= 15 is 0 Å². The number of hydrogen-bond acceptors (Lipinski definition) is 4. The topological polar surface area (TPSA) is 47.9 Å². The number of nitrogens with zero attached hydrogens (tertiary/aromatic N) is 3. The number of fused-ring (bicyclic) bond motifs is 4. The Morgan fingerprint density at radius 2 is 1.21 bits per heavy atom. The number of aromatic nitrogens is 3. The second-order valence-corrected chi connectivity index (χ2v) is 11.0. The van der Waals surface area contributed by atoms with Gasteiger partial charge in [0.1, 0.15) is 11.9 Å². The minimum atomic E-state index is -0.232. The molecule has 0 amide bonds. The molecule has 2 heterocycles. The molecule has 1 aromatic heterocycles. The first-order chi connectivity index (χ1) is 20.7. The van der Waals surface area contributed by atoms with Gasteiger partial charge in [0.25, 0.3) is 0 Å². The minimum Gasteiger partial charge on any atom is -0.484 e. The Balaban J connectivity index is 1.27. The molecule has 0 bridgehead atoms. The van der Waals surface area contributed by atoms with Crippen LogP contribution in [0.2, 0.25) is 0 Å². The number of hydrogen-bond donors (Lipinski definition) is 0. The van der Waals surface area contributed by atoms with Crippen LogP contribution in [-0.2, 0) is 0 Å². The highest BCUT2D eigenvalue weighted by Crippen LogP contribution is 2.48. The zero-order chi connectivity index (χ0) is 28.0. The molecule has 6 aromatic rings. The molecule has 1 aliphatic carbocycles. The molecule has 8 rings (SSSR count). The summed E-state index contributed by atoms with van der Waals surface area (Å²) in [5.74, 6) is 2.66. The molecule has 1 aliphatic heterocycles. The van der Waals surface area contributed by atoms with Gasteiger partial charge in [0, 0.05) is 28.2 Å². The zero-order valence-electron chi connectivity index (χ0n) is 22.5. The maximum Gasteiger partial charge on any atom is 0.164 e. The summed E-state index contributed by atoms with van der Waals surface area (Å²) in [6.45, 7) is 0. The third-order valence-electron chi connectivity index (χ3n) is 7.94. The first-order valence-corrected chi connectivity index (χ1v) is 14.3. The van der Waals surface area contributed by atoms with Crippen molar-refractivity contribution < 1.29 is 4.74 Å². The van der Waals surface area contributed by atoms with E-state index in [1.807, 2.05) is 60.7 Å². The first kappa shape index (κ1) is 24.7. The normalized spacial score (nSPS) is 16.9. The number of halogens is 1. The molecule has 0 fully saturated rings. The molecule has 0 N–H and O–H groups in total. The molecular weight excluding hydrogens is 538 g/mol. The predicted molar refractivity (Wildman–Crippen MR) is 169 cm³/mol. The van der Waals surface area contributed by atoms with Crippen LogP contribution in [0.3, 0.4) is 0 Å². The highest BCUT2D eigenvalue weighted by Gasteiger charge is 2.38. The molecule has 200 valence electrons. The minimum absolute atomic E-state index is 0.00595. The van der Waals surface area contributed by atoms with Gasteiger partial charge < -0.3 is 4.74 Å². The molecule has 2 atom stereocenters. The fraction of sp³-hybridized carbons (Fsp3) is 0.0541. The van der Waals surface area contributed by atoms with Crippen molar-refractivity contribution in [2.75, 3.05) is 0 Å². The lowest BCUT2D eigenvalue weighted by Crippen LogP contribution is -2.19. The van der Waals surface area contributed by atoms with Gasteiger partial charge in [-0.2, -0.15) is 0 Å². The summed E-state index contributed by atoms with van der Waals surface area (Å²) in [4.78, 5) is 15.0. The van der Waals surface area contributed by atoms with Gasteiger partial charge in [0.05, 0.1) is 5.03 Å². The summed E-state index contributed by atoms with van der Waals surface area (Å²) in [5, 5.41) is 2.98. The summed E-state index contributed by atoms with van der Waals surface area (Å²) in [6, 6.07) is 39.4. The Hall–Kier alpha value is -5.06. The third-order valence-corrected chi connectivity index (χ3v) is 8.28. The van der Waals surface area contributed by atoms with E-state index in [1.165, 1.54) is 11.1 Å². The van der Waals surface area contributed by atoms with Crippen molar-refractivity contribution in [1.82, 2.24) is 15.0 Å². The molecule has 2 unspecified atom stereocenters. The first-order valence-electron chi connectivity index (χ1n) is 14.0. The maximum absolute atomic E-state index is 6.55. The average molecular weight is 562 g/mol. The summed E-state index contributed by atoms with van der Waals surface area (Å²) in [6.07, 6.45) is 5.79. The van der Waals surface area contributed by atoms with Crippen LogP contribution in [0.4, 0.5) is 0 Å². The molecule has 0 saturated carbocycles. The highest BCUT2D eigenvalue weighted by atomic mass is 35.5. The zero-order valence-corrected chi connectivity index (χ0v) is 23.2. The fourth-order valence-electron chi connectivity index (χ4n) is 5.87. The van der Waals surface area contributed by atoms with E-state index in [2.05, 4.69) is 72.8 Å². The van der Waals surface area contributed by atoms with E-state index < -0.39 is 0 Å². The lowest BCUT2D eigenvalue weighted by Gasteiger charge is -2.19. The molecule has 5 heteroatoms. The summed E-state index contributed by atoms with van der Waals surface area (Å²) >= 11 is 6.55. The smallest absolute Gasteiger partial charge is 0.164 e. The summed E-state index contributed by atoms with van der Waals surface area (Å²) < 4.78 is 6.28. The maximum atomic E-state index is 6.55. The summed E-state index contributed by atoms with van der Waals surface area (Å²) in [7, 11) is 0. The van der Waals surface area contributed by atoms with Crippen molar-refractivity contribution in [3.05, 3.63) is 144 Å². The molecule has 2 aliphatic rings. The van der Waals surface area contributed by atoms with E-state index in [0.29, 0.717) is 22.5 Å². The Morgan fingerprint density at radius 1 is 0.571 bits per heavy atom. The van der Waals surface area contributed by atoms with Crippen LogP contribution in [0.1, 0.15) is 11.5 Å². The standard InChI is InChI=1S/C37H24ClN3O/c38-31-15-7-13-29-33-30(14-8-16-32(33)42-34(29)31)37-40-35(24-11-5-2-6-12-24)39-36(41-37)28-20-19-26-21-25(17-18-27(26)22-28)23-9-3-1-4-10-23/h1-22,29,34H. The van der Waals surface area contributed by atoms with Crippen LogP contribution in [0.5, 0.6) is 5.75 Å².